The Labute approximate surface area is 110 Å². The SMILES string of the molecule is CCc1cnc(CN2C(=O)CNC(=O)C2CC)s1. The molecule has 1 fully saturated rings. The highest BCUT2D eigenvalue weighted by Gasteiger charge is 2.33. The maximum absolute atomic E-state index is 11.9. The molecule has 2 rings (SSSR count). The van der Waals surface area contributed by atoms with E-state index in [-0.39, 0.29) is 24.4 Å². The third kappa shape index (κ3) is 2.53. The zero-order valence-corrected chi connectivity index (χ0v) is 11.4. The number of hydrogen-bond acceptors (Lipinski definition) is 4. The van der Waals surface area contributed by atoms with Crippen molar-refractivity contribution >= 4 is 23.2 Å². The van der Waals surface area contributed by atoms with Crippen LogP contribution in [0.3, 0.4) is 0 Å². The average molecular weight is 267 g/mol. The zero-order chi connectivity index (χ0) is 13.1. The molecule has 1 aromatic heterocycles. The van der Waals surface area contributed by atoms with E-state index in [1.807, 2.05) is 13.1 Å². The van der Waals surface area contributed by atoms with Crippen LogP contribution in [0.4, 0.5) is 0 Å². The predicted octanol–water partition coefficient (Wildman–Crippen LogP) is 0.942. The molecule has 1 atom stereocenters. The van der Waals surface area contributed by atoms with Gasteiger partial charge in [-0.25, -0.2) is 4.98 Å². The lowest BCUT2D eigenvalue weighted by atomic mass is 10.1. The smallest absolute Gasteiger partial charge is 0.243 e. The van der Waals surface area contributed by atoms with Crippen molar-refractivity contribution in [3.05, 3.63) is 16.1 Å². The molecule has 2 amide bonds. The topological polar surface area (TPSA) is 62.3 Å². The lowest BCUT2D eigenvalue weighted by Gasteiger charge is -2.33. The molecule has 1 aromatic rings. The van der Waals surface area contributed by atoms with Gasteiger partial charge in [-0.15, -0.1) is 11.3 Å². The molecule has 1 unspecified atom stereocenters. The van der Waals surface area contributed by atoms with E-state index in [1.54, 1.807) is 16.2 Å². The fraction of sp³-hybridized carbons (Fsp3) is 0.583. The van der Waals surface area contributed by atoms with Crippen LogP contribution >= 0.6 is 11.3 Å². The summed E-state index contributed by atoms with van der Waals surface area (Å²) in [6.45, 7) is 4.53. The van der Waals surface area contributed by atoms with Gasteiger partial charge in [-0.3, -0.25) is 9.59 Å². The van der Waals surface area contributed by atoms with Gasteiger partial charge in [-0.2, -0.15) is 0 Å². The largest absolute Gasteiger partial charge is 0.345 e. The number of rotatable bonds is 4. The monoisotopic (exact) mass is 267 g/mol. The van der Waals surface area contributed by atoms with Gasteiger partial charge in [0.2, 0.25) is 11.8 Å². The second kappa shape index (κ2) is 5.48. The van der Waals surface area contributed by atoms with Crippen LogP contribution in [0, 0.1) is 0 Å². The summed E-state index contributed by atoms with van der Waals surface area (Å²) in [5.41, 5.74) is 0. The first-order valence-electron chi connectivity index (χ1n) is 6.16. The fourth-order valence-corrected chi connectivity index (χ4v) is 2.89. The highest BCUT2D eigenvalue weighted by molar-refractivity contribution is 7.11. The highest BCUT2D eigenvalue weighted by atomic mass is 32.1. The average Bonchev–Trinajstić information content (AvgIpc) is 2.82. The molecule has 0 aromatic carbocycles. The van der Waals surface area contributed by atoms with Crippen molar-refractivity contribution in [2.45, 2.75) is 39.3 Å². The molecule has 1 aliphatic rings. The van der Waals surface area contributed by atoms with Gasteiger partial charge in [-0.05, 0) is 12.8 Å². The third-order valence-corrected chi connectivity index (χ3v) is 4.18. The van der Waals surface area contributed by atoms with E-state index in [2.05, 4.69) is 17.2 Å². The Balaban J connectivity index is 2.13. The normalized spacial score (nSPS) is 20.1. The van der Waals surface area contributed by atoms with Gasteiger partial charge >= 0.3 is 0 Å². The van der Waals surface area contributed by atoms with Crippen LogP contribution in [0.25, 0.3) is 0 Å². The van der Waals surface area contributed by atoms with Gasteiger partial charge in [0.15, 0.2) is 0 Å². The van der Waals surface area contributed by atoms with Gasteiger partial charge in [-0.1, -0.05) is 13.8 Å². The van der Waals surface area contributed by atoms with Crippen molar-refractivity contribution in [2.75, 3.05) is 6.54 Å². The first-order valence-corrected chi connectivity index (χ1v) is 6.98. The van der Waals surface area contributed by atoms with Gasteiger partial charge in [0.1, 0.15) is 11.0 Å². The summed E-state index contributed by atoms with van der Waals surface area (Å²) in [5, 5.41) is 3.51. The summed E-state index contributed by atoms with van der Waals surface area (Å²) in [7, 11) is 0. The lowest BCUT2D eigenvalue weighted by Crippen LogP contribution is -2.57. The standard InChI is InChI=1S/C12H17N3O2S/c1-3-8-5-13-10(18-8)7-15-9(4-2)12(17)14-6-11(15)16/h5,9H,3-4,6-7H2,1-2H3,(H,14,17). The molecule has 0 bridgehead atoms. The Hall–Kier alpha value is -1.43. The Morgan fingerprint density at radius 2 is 2.28 bits per heavy atom. The fourth-order valence-electron chi connectivity index (χ4n) is 2.03. The van der Waals surface area contributed by atoms with E-state index in [1.165, 1.54) is 4.88 Å². The summed E-state index contributed by atoms with van der Waals surface area (Å²) in [6, 6.07) is -0.361. The van der Waals surface area contributed by atoms with Crippen molar-refractivity contribution in [3.63, 3.8) is 0 Å². The van der Waals surface area contributed by atoms with Crippen molar-refractivity contribution in [1.82, 2.24) is 15.2 Å². The lowest BCUT2D eigenvalue weighted by molar-refractivity contribution is -0.146. The summed E-state index contributed by atoms with van der Waals surface area (Å²) >= 11 is 1.61. The Bertz CT molecular complexity index is 458. The van der Waals surface area contributed by atoms with E-state index in [9.17, 15) is 9.59 Å². The minimum atomic E-state index is -0.361. The van der Waals surface area contributed by atoms with Crippen molar-refractivity contribution in [3.8, 4) is 0 Å². The number of nitrogens with one attached hydrogen (secondary N) is 1. The van der Waals surface area contributed by atoms with E-state index in [0.717, 1.165) is 11.4 Å². The minimum Gasteiger partial charge on any atom is -0.345 e. The van der Waals surface area contributed by atoms with E-state index >= 15 is 0 Å². The number of aromatic nitrogens is 1. The minimum absolute atomic E-state index is 0.0327. The Kier molecular flexibility index (Phi) is 3.96. The molecule has 0 radical (unpaired) electrons. The van der Waals surface area contributed by atoms with E-state index in [0.29, 0.717) is 13.0 Å². The number of aryl methyl sites for hydroxylation is 1. The molecule has 98 valence electrons. The first-order chi connectivity index (χ1) is 8.65. The van der Waals surface area contributed by atoms with Crippen LogP contribution in [-0.4, -0.2) is 34.3 Å². The molecule has 0 saturated carbocycles. The maximum atomic E-state index is 11.9. The Morgan fingerprint density at radius 1 is 1.50 bits per heavy atom. The number of thiazole rings is 1. The molecule has 6 heteroatoms. The van der Waals surface area contributed by atoms with Crippen LogP contribution in [0.2, 0.25) is 0 Å². The molecular weight excluding hydrogens is 250 g/mol. The van der Waals surface area contributed by atoms with Crippen LogP contribution in [0.1, 0.15) is 30.2 Å². The molecule has 0 aliphatic carbocycles. The molecule has 1 aliphatic heterocycles. The van der Waals surface area contributed by atoms with Gasteiger partial charge < -0.3 is 10.2 Å². The first kappa shape index (κ1) is 13.0. The van der Waals surface area contributed by atoms with Crippen LogP contribution in [0.15, 0.2) is 6.20 Å². The highest BCUT2D eigenvalue weighted by Crippen LogP contribution is 2.19. The summed E-state index contributed by atoms with van der Waals surface area (Å²) < 4.78 is 0. The molecule has 1 N–H and O–H groups in total. The number of carbonyl (C=O) groups excluding carboxylic acids is 2. The second-order valence-electron chi connectivity index (χ2n) is 4.24. The molecule has 18 heavy (non-hydrogen) atoms. The van der Waals surface area contributed by atoms with Crippen LogP contribution in [0.5, 0.6) is 0 Å². The van der Waals surface area contributed by atoms with Crippen molar-refractivity contribution in [2.24, 2.45) is 0 Å². The predicted molar refractivity (Wildman–Crippen MR) is 69.1 cm³/mol. The molecular formula is C12H17N3O2S. The van der Waals surface area contributed by atoms with E-state index < -0.39 is 0 Å². The van der Waals surface area contributed by atoms with Crippen LogP contribution < -0.4 is 5.32 Å². The number of hydrogen-bond donors (Lipinski definition) is 1. The third-order valence-electron chi connectivity index (χ3n) is 3.06. The summed E-state index contributed by atoms with van der Waals surface area (Å²) in [6.07, 6.45) is 3.42. The van der Waals surface area contributed by atoms with Crippen molar-refractivity contribution in [1.29, 1.82) is 0 Å². The summed E-state index contributed by atoms with van der Waals surface area (Å²) in [5.74, 6) is -0.0981. The molecule has 0 spiro atoms. The number of piperazine rings is 1. The van der Waals surface area contributed by atoms with Gasteiger partial charge in [0.05, 0.1) is 13.1 Å². The van der Waals surface area contributed by atoms with Gasteiger partial charge in [0.25, 0.3) is 0 Å². The molecule has 2 heterocycles. The second-order valence-corrected chi connectivity index (χ2v) is 5.44. The number of carbonyl (C=O) groups is 2. The number of nitrogens with zero attached hydrogens (tertiary/aromatic N) is 2. The van der Waals surface area contributed by atoms with Crippen LogP contribution in [-0.2, 0) is 22.6 Å². The zero-order valence-electron chi connectivity index (χ0n) is 10.6. The molecule has 5 nitrogen and oxygen atoms in total. The van der Waals surface area contributed by atoms with Crippen molar-refractivity contribution < 1.29 is 9.59 Å². The van der Waals surface area contributed by atoms with Gasteiger partial charge in [0, 0.05) is 11.1 Å². The molecule has 1 saturated heterocycles. The Morgan fingerprint density at radius 3 is 2.89 bits per heavy atom. The number of amides is 2. The quantitative estimate of drug-likeness (QED) is 0.883. The van der Waals surface area contributed by atoms with E-state index in [4.69, 9.17) is 0 Å². The summed E-state index contributed by atoms with van der Waals surface area (Å²) in [4.78, 5) is 30.7. The maximum Gasteiger partial charge on any atom is 0.243 e.